The number of aromatic hydroxyl groups is 1. The van der Waals surface area contributed by atoms with Crippen molar-refractivity contribution >= 4 is 81.5 Å². The molecule has 5 aromatic rings. The fourth-order valence-electron chi connectivity index (χ4n) is 4.87. The molecule has 0 saturated carbocycles. The van der Waals surface area contributed by atoms with Gasteiger partial charge in [-0.3, -0.25) is 4.79 Å². The van der Waals surface area contributed by atoms with Crippen molar-refractivity contribution in [3.8, 4) is 5.75 Å². The average molecular weight is 865 g/mol. The molecular formula is C29H18ClF2N6Na3O11S3. The maximum absolute atomic E-state index is 13.9. The van der Waals surface area contributed by atoms with Crippen molar-refractivity contribution in [1.29, 1.82) is 0 Å². The topological polar surface area (TPSA) is 275 Å². The van der Waals surface area contributed by atoms with E-state index in [1.54, 1.807) is 6.07 Å². The summed E-state index contributed by atoms with van der Waals surface area (Å²) in [5, 5.41) is 18.7. The van der Waals surface area contributed by atoms with Crippen LogP contribution in [0.3, 0.4) is 0 Å². The maximum Gasteiger partial charge on any atom is 1.00 e. The molecule has 0 radical (unpaired) electrons. The van der Waals surface area contributed by atoms with Crippen LogP contribution in [0.25, 0.3) is 10.8 Å². The summed E-state index contributed by atoms with van der Waals surface area (Å²) in [4.78, 5) is 16.7. The molecule has 55 heavy (non-hydrogen) atoms. The molecule has 0 saturated heterocycles. The van der Waals surface area contributed by atoms with Crippen LogP contribution >= 0.6 is 11.6 Å². The summed E-state index contributed by atoms with van der Waals surface area (Å²) in [6, 6.07) is 12.1. The van der Waals surface area contributed by atoms with Crippen molar-refractivity contribution in [2.75, 3.05) is 17.3 Å². The molecule has 0 bridgehead atoms. The third kappa shape index (κ3) is 11.2. The van der Waals surface area contributed by atoms with Crippen LogP contribution in [0.5, 0.6) is 5.75 Å². The Balaban J connectivity index is 0.00000348. The van der Waals surface area contributed by atoms with E-state index in [0.29, 0.717) is 12.1 Å². The molecule has 0 unspecified atom stereocenters. The van der Waals surface area contributed by atoms with Crippen LogP contribution in [0.15, 0.2) is 91.6 Å². The van der Waals surface area contributed by atoms with Crippen molar-refractivity contribution in [2.45, 2.75) is 21.2 Å². The van der Waals surface area contributed by atoms with Crippen molar-refractivity contribution in [2.24, 2.45) is 10.2 Å². The van der Waals surface area contributed by atoms with Gasteiger partial charge in [0.2, 0.25) is 5.95 Å². The minimum Gasteiger partial charge on any atom is -0.744 e. The third-order valence-electron chi connectivity index (χ3n) is 7.10. The predicted molar refractivity (Wildman–Crippen MR) is 174 cm³/mol. The first-order valence-electron chi connectivity index (χ1n) is 13.9. The fraction of sp³-hybridized carbons (Fsp3) is 0.0690. The molecule has 0 atom stereocenters. The Morgan fingerprint density at radius 1 is 0.836 bits per heavy atom. The van der Waals surface area contributed by atoms with E-state index < -0.39 is 107 Å². The number of halogens is 3. The summed E-state index contributed by atoms with van der Waals surface area (Å²) in [6.45, 7) is -0.338. The standard InChI is InChI=1S/C29H21ClF2N6O11S3.3Na/c1-38(27-23(30)26(31)34-29(32)35-27)13-14-7-9-20(51(44,45)46)18(11-14)36-37-24-21(52(47,48)49)12-16-19(50(41,42)43)10-8-17(22(16)25(24)39)33-28(40)15-5-3-2-4-6-15;;;/h2-12,39H,13H2,1H3,(H,33,40)(H,41,42,43)(H,44,45,46)(H,47,48,49);;;/q;3*+1/p-3. The van der Waals surface area contributed by atoms with E-state index in [0.717, 1.165) is 29.2 Å². The fourth-order valence-corrected chi connectivity index (χ4v) is 6.99. The second kappa shape index (κ2) is 19.0. The number of carbonyl (C=O) groups is 1. The second-order valence-electron chi connectivity index (χ2n) is 10.6. The molecular weight excluding hydrogens is 847 g/mol. The van der Waals surface area contributed by atoms with E-state index in [1.807, 2.05) is 0 Å². The molecule has 0 aliphatic carbocycles. The number of anilines is 2. The molecule has 0 aliphatic rings. The molecule has 2 N–H and O–H groups in total. The summed E-state index contributed by atoms with van der Waals surface area (Å²) in [5.74, 6) is -3.95. The average Bonchev–Trinajstić information content (AvgIpc) is 3.04. The normalized spacial score (nSPS) is 11.7. The molecule has 5 rings (SSSR count). The number of carbonyl (C=O) groups excluding carboxylic acids is 1. The van der Waals surface area contributed by atoms with E-state index in [-0.39, 0.29) is 106 Å². The number of nitrogens with zero attached hydrogens (tertiary/aromatic N) is 5. The minimum atomic E-state index is -5.72. The Labute approximate surface area is 382 Å². The zero-order chi connectivity index (χ0) is 38.3. The minimum absolute atomic E-state index is 0. The van der Waals surface area contributed by atoms with Gasteiger partial charge in [-0.05, 0) is 48.0 Å². The van der Waals surface area contributed by atoms with E-state index >= 15 is 0 Å². The molecule has 1 amide bonds. The van der Waals surface area contributed by atoms with E-state index in [1.165, 1.54) is 31.3 Å². The van der Waals surface area contributed by atoms with Crippen molar-refractivity contribution in [1.82, 2.24) is 9.97 Å². The summed E-state index contributed by atoms with van der Waals surface area (Å²) in [6.07, 6.45) is -1.46. The van der Waals surface area contributed by atoms with Gasteiger partial charge in [0.05, 0.1) is 25.8 Å². The van der Waals surface area contributed by atoms with Crippen LogP contribution < -0.4 is 98.9 Å². The maximum atomic E-state index is 13.9. The summed E-state index contributed by atoms with van der Waals surface area (Å²) < 4.78 is 137. The Hall–Kier alpha value is -2.23. The Morgan fingerprint density at radius 2 is 1.42 bits per heavy atom. The smallest absolute Gasteiger partial charge is 0.744 e. The summed E-state index contributed by atoms with van der Waals surface area (Å²) in [7, 11) is -15.2. The number of phenols is 1. The SMILES string of the molecule is CN(Cc1ccc(S(=O)(=O)[O-])c(N=Nc2c(S(=O)(=O)[O-])cc3c(S(=O)(=O)[O-])ccc(NC(=O)c4ccccc4)c3c2O)c1)c1nc(F)nc(F)c1Cl.[Na+].[Na+].[Na+]. The number of amides is 1. The zero-order valence-electron chi connectivity index (χ0n) is 28.7. The molecule has 17 nitrogen and oxygen atoms in total. The van der Waals surface area contributed by atoms with Crippen molar-refractivity contribution in [3.63, 3.8) is 0 Å². The third-order valence-corrected chi connectivity index (χ3v) is 10.0. The van der Waals surface area contributed by atoms with Crippen molar-refractivity contribution < 1.29 is 146 Å². The number of hydrogen-bond acceptors (Lipinski definition) is 16. The number of fused-ring (bicyclic) bond motifs is 1. The molecule has 0 fully saturated rings. The molecule has 1 aromatic heterocycles. The van der Waals surface area contributed by atoms with Gasteiger partial charge in [-0.25, -0.2) is 25.3 Å². The van der Waals surface area contributed by atoms with E-state index in [4.69, 9.17) is 11.6 Å². The second-order valence-corrected chi connectivity index (χ2v) is 15.0. The number of aromatic nitrogens is 2. The van der Waals surface area contributed by atoms with Gasteiger partial charge < -0.3 is 29.0 Å². The summed E-state index contributed by atoms with van der Waals surface area (Å²) >= 11 is 5.84. The molecule has 0 aliphatic heterocycles. The first-order valence-corrected chi connectivity index (χ1v) is 18.5. The van der Waals surface area contributed by atoms with Gasteiger partial charge in [0.1, 0.15) is 46.8 Å². The largest absolute Gasteiger partial charge is 1.00 e. The predicted octanol–water partition coefficient (Wildman–Crippen LogP) is -4.70. The van der Waals surface area contributed by atoms with E-state index in [2.05, 4.69) is 25.5 Å². The number of phenolic OH excluding ortho intramolecular Hbond substituents is 1. The Bertz CT molecular complexity index is 2670. The molecule has 0 spiro atoms. The number of rotatable bonds is 10. The first kappa shape index (κ1) is 48.9. The van der Waals surface area contributed by atoms with Crippen molar-refractivity contribution in [3.05, 3.63) is 94.9 Å². The zero-order valence-corrected chi connectivity index (χ0v) is 37.9. The van der Waals surface area contributed by atoms with Gasteiger partial charge in [-0.2, -0.15) is 18.7 Å². The Kier molecular flexibility index (Phi) is 16.9. The van der Waals surface area contributed by atoms with Crippen LogP contribution in [0, 0.1) is 12.0 Å². The number of azo groups is 1. The van der Waals surface area contributed by atoms with Gasteiger partial charge in [-0.1, -0.05) is 35.9 Å². The van der Waals surface area contributed by atoms with Gasteiger partial charge in [0.25, 0.3) is 5.91 Å². The molecule has 26 heteroatoms. The molecule has 4 aromatic carbocycles. The molecule has 272 valence electrons. The Morgan fingerprint density at radius 3 is 2.00 bits per heavy atom. The van der Waals surface area contributed by atoms with Crippen LogP contribution in [-0.2, 0) is 36.9 Å². The number of nitrogens with one attached hydrogen (secondary N) is 1. The van der Waals surface area contributed by atoms with Gasteiger partial charge in [0.15, 0.2) is 11.6 Å². The van der Waals surface area contributed by atoms with E-state index in [9.17, 15) is 57.6 Å². The van der Waals surface area contributed by atoms with Crippen LogP contribution in [0.1, 0.15) is 15.9 Å². The number of hydrogen-bond donors (Lipinski definition) is 2. The van der Waals surface area contributed by atoms with Gasteiger partial charge in [-0.15, -0.1) is 10.2 Å². The van der Waals surface area contributed by atoms with Gasteiger partial charge >= 0.3 is 94.8 Å². The molecule has 1 heterocycles. The van der Waals surface area contributed by atoms with Crippen LogP contribution in [0.4, 0.5) is 31.7 Å². The number of benzene rings is 4. The van der Waals surface area contributed by atoms with Crippen LogP contribution in [0.2, 0.25) is 5.02 Å². The summed E-state index contributed by atoms with van der Waals surface area (Å²) in [5.41, 5.74) is -2.27. The van der Waals surface area contributed by atoms with Crippen LogP contribution in [-0.4, -0.2) is 66.9 Å². The quantitative estimate of drug-likeness (QED) is 0.0439. The monoisotopic (exact) mass is 864 g/mol. The first-order chi connectivity index (χ1) is 24.2. The van der Waals surface area contributed by atoms with Gasteiger partial charge in [0, 0.05) is 24.5 Å².